The number of nitro groups is 1. The van der Waals surface area contributed by atoms with Crippen LogP contribution in [-0.4, -0.2) is 24.2 Å². The van der Waals surface area contributed by atoms with Crippen molar-refractivity contribution in [2.75, 3.05) is 18.0 Å². The molecule has 1 fully saturated rings. The van der Waals surface area contributed by atoms with E-state index in [-0.39, 0.29) is 29.4 Å². The molecule has 1 aliphatic heterocycles. The third-order valence-electron chi connectivity index (χ3n) is 3.44. The van der Waals surface area contributed by atoms with E-state index in [4.69, 9.17) is 11.6 Å². The number of hydrogen-bond donors (Lipinski definition) is 0. The average molecular weight is 388 g/mol. The smallest absolute Gasteiger partial charge is 0.365 e. The molecule has 1 saturated heterocycles. The van der Waals surface area contributed by atoms with E-state index in [2.05, 4.69) is 15.9 Å². The van der Waals surface area contributed by atoms with Gasteiger partial charge in [-0.15, -0.1) is 0 Å². The van der Waals surface area contributed by atoms with Crippen molar-refractivity contribution in [2.24, 2.45) is 5.92 Å². The van der Waals surface area contributed by atoms with Crippen LogP contribution < -0.4 is 4.90 Å². The van der Waals surface area contributed by atoms with Crippen LogP contribution in [0.3, 0.4) is 0 Å². The molecular weight excluding hydrogens is 376 g/mol. The van der Waals surface area contributed by atoms with Gasteiger partial charge in [0.15, 0.2) is 0 Å². The number of benzene rings is 1. The largest absolute Gasteiger partial charge is 0.393 e. The fourth-order valence-electron chi connectivity index (χ4n) is 2.39. The van der Waals surface area contributed by atoms with E-state index in [1.165, 1.54) is 17.0 Å². The first-order valence-corrected chi connectivity index (χ1v) is 7.32. The maximum Gasteiger partial charge on any atom is 0.393 e. The van der Waals surface area contributed by atoms with Crippen LogP contribution in [0.5, 0.6) is 0 Å². The summed E-state index contributed by atoms with van der Waals surface area (Å²) in [7, 11) is 0. The summed E-state index contributed by atoms with van der Waals surface area (Å²) in [6.07, 6.45) is -3.93. The lowest BCUT2D eigenvalue weighted by Gasteiger charge is -2.35. The maximum atomic E-state index is 12.8. The Balaban J connectivity index is 2.37. The summed E-state index contributed by atoms with van der Waals surface area (Å²) in [5.41, 5.74) is -0.128. The van der Waals surface area contributed by atoms with E-state index in [9.17, 15) is 23.3 Å². The topological polar surface area (TPSA) is 46.4 Å². The van der Waals surface area contributed by atoms with Crippen LogP contribution in [0.2, 0.25) is 5.02 Å². The minimum atomic E-state index is -4.30. The summed E-state index contributed by atoms with van der Waals surface area (Å²) >= 11 is 9.00. The van der Waals surface area contributed by atoms with Crippen molar-refractivity contribution in [3.8, 4) is 0 Å². The molecule has 0 bridgehead atoms. The second-order valence-corrected chi connectivity index (χ2v) is 6.10. The summed E-state index contributed by atoms with van der Waals surface area (Å²) in [4.78, 5) is 11.9. The van der Waals surface area contributed by atoms with Crippen LogP contribution in [0.15, 0.2) is 16.6 Å². The first-order valence-electron chi connectivity index (χ1n) is 6.15. The van der Waals surface area contributed by atoms with Crippen molar-refractivity contribution >= 4 is 38.9 Å². The van der Waals surface area contributed by atoms with Gasteiger partial charge in [-0.1, -0.05) is 11.6 Å². The standard InChI is InChI=1S/C12H11BrClF3N2O2/c13-8-4-11(19(20)21)10(5-9(8)14)18-3-1-2-7(6-18)12(15,16)17/h4-5,7H,1-3,6H2. The van der Waals surface area contributed by atoms with Crippen LogP contribution in [0, 0.1) is 16.0 Å². The van der Waals surface area contributed by atoms with E-state index in [1.807, 2.05) is 0 Å². The fourth-order valence-corrected chi connectivity index (χ4v) is 2.88. The first-order chi connectivity index (χ1) is 9.70. The van der Waals surface area contributed by atoms with E-state index < -0.39 is 17.0 Å². The first kappa shape index (κ1) is 16.4. The number of nitrogens with zero attached hydrogens (tertiary/aromatic N) is 2. The van der Waals surface area contributed by atoms with Crippen LogP contribution in [0.25, 0.3) is 0 Å². The molecule has 0 N–H and O–H groups in total. The normalized spacial score (nSPS) is 19.7. The molecular formula is C12H11BrClF3N2O2. The van der Waals surface area contributed by atoms with Gasteiger partial charge in [-0.25, -0.2) is 0 Å². The predicted molar refractivity (Wildman–Crippen MR) is 76.8 cm³/mol. The molecule has 9 heteroatoms. The number of hydrogen-bond acceptors (Lipinski definition) is 3. The highest BCUT2D eigenvalue weighted by atomic mass is 79.9. The van der Waals surface area contributed by atoms with Gasteiger partial charge in [-0.05, 0) is 34.8 Å². The Kier molecular flexibility index (Phi) is 4.67. The molecule has 0 radical (unpaired) electrons. The molecule has 4 nitrogen and oxygen atoms in total. The molecule has 1 unspecified atom stereocenters. The van der Waals surface area contributed by atoms with Crippen molar-refractivity contribution in [3.63, 3.8) is 0 Å². The molecule has 0 saturated carbocycles. The lowest BCUT2D eigenvalue weighted by atomic mass is 9.97. The fraction of sp³-hybridized carbons (Fsp3) is 0.500. The monoisotopic (exact) mass is 386 g/mol. The molecule has 0 spiro atoms. The molecule has 1 atom stereocenters. The van der Waals surface area contributed by atoms with Gasteiger partial charge in [0.05, 0.1) is 15.9 Å². The van der Waals surface area contributed by atoms with Crippen molar-refractivity contribution in [1.82, 2.24) is 0 Å². The zero-order chi connectivity index (χ0) is 15.8. The molecule has 1 aromatic rings. The molecule has 1 aliphatic rings. The van der Waals surface area contributed by atoms with Gasteiger partial charge < -0.3 is 4.90 Å². The molecule has 116 valence electrons. The zero-order valence-corrected chi connectivity index (χ0v) is 13.0. The minimum absolute atomic E-state index is 0.0397. The van der Waals surface area contributed by atoms with Crippen LogP contribution in [0.1, 0.15) is 12.8 Å². The molecule has 2 rings (SSSR count). The number of nitro benzene ring substituents is 1. The van der Waals surface area contributed by atoms with Crippen molar-refractivity contribution in [2.45, 2.75) is 19.0 Å². The van der Waals surface area contributed by atoms with Gasteiger partial charge >= 0.3 is 6.18 Å². The van der Waals surface area contributed by atoms with E-state index >= 15 is 0 Å². The Hall–Kier alpha value is -1.02. The number of halogens is 5. The highest BCUT2D eigenvalue weighted by Crippen LogP contribution is 2.40. The molecule has 0 aromatic heterocycles. The molecule has 0 aliphatic carbocycles. The summed E-state index contributed by atoms with van der Waals surface area (Å²) in [5.74, 6) is -1.48. The third kappa shape index (κ3) is 3.60. The van der Waals surface area contributed by atoms with Crippen molar-refractivity contribution < 1.29 is 18.1 Å². The van der Waals surface area contributed by atoms with Gasteiger partial charge in [0.1, 0.15) is 5.69 Å². The number of anilines is 1. The van der Waals surface area contributed by atoms with E-state index in [0.29, 0.717) is 17.4 Å². The molecule has 0 amide bonds. The maximum absolute atomic E-state index is 12.8. The Bertz CT molecular complexity index is 568. The van der Waals surface area contributed by atoms with Crippen LogP contribution >= 0.6 is 27.5 Å². The molecule has 1 aromatic carbocycles. The second kappa shape index (κ2) is 6.00. The molecule has 1 heterocycles. The van der Waals surface area contributed by atoms with Gasteiger partial charge in [0.2, 0.25) is 0 Å². The SMILES string of the molecule is O=[N+]([O-])c1cc(Br)c(Cl)cc1N1CCCC(C(F)(F)F)C1. The summed E-state index contributed by atoms with van der Waals surface area (Å²) in [5, 5.41) is 11.3. The van der Waals surface area contributed by atoms with Crippen molar-refractivity contribution in [1.29, 1.82) is 0 Å². The minimum Gasteiger partial charge on any atom is -0.365 e. The molecule has 21 heavy (non-hydrogen) atoms. The Morgan fingerprint density at radius 3 is 2.67 bits per heavy atom. The third-order valence-corrected chi connectivity index (χ3v) is 4.64. The average Bonchev–Trinajstić information content (AvgIpc) is 2.40. The summed E-state index contributed by atoms with van der Waals surface area (Å²) in [6, 6.07) is 2.55. The van der Waals surface area contributed by atoms with E-state index in [0.717, 1.165) is 0 Å². The summed E-state index contributed by atoms with van der Waals surface area (Å²) < 4.78 is 38.9. The highest BCUT2D eigenvalue weighted by molar-refractivity contribution is 9.10. The van der Waals surface area contributed by atoms with E-state index in [1.54, 1.807) is 0 Å². The lowest BCUT2D eigenvalue weighted by molar-refractivity contribution is -0.384. The zero-order valence-electron chi connectivity index (χ0n) is 10.7. The van der Waals surface area contributed by atoms with Crippen LogP contribution in [0.4, 0.5) is 24.5 Å². The van der Waals surface area contributed by atoms with Gasteiger partial charge in [0, 0.05) is 23.6 Å². The van der Waals surface area contributed by atoms with Gasteiger partial charge in [-0.3, -0.25) is 10.1 Å². The number of piperidine rings is 1. The Morgan fingerprint density at radius 2 is 2.10 bits per heavy atom. The lowest BCUT2D eigenvalue weighted by Crippen LogP contribution is -2.42. The van der Waals surface area contributed by atoms with Crippen molar-refractivity contribution in [3.05, 3.63) is 31.7 Å². The number of alkyl halides is 3. The Labute approximate surface area is 132 Å². The predicted octanol–water partition coefficient (Wildman–Crippen LogP) is 4.79. The summed E-state index contributed by atoms with van der Waals surface area (Å²) in [6.45, 7) is 0.0493. The number of rotatable bonds is 2. The highest BCUT2D eigenvalue weighted by Gasteiger charge is 2.42. The second-order valence-electron chi connectivity index (χ2n) is 4.84. The van der Waals surface area contributed by atoms with Gasteiger partial charge in [0.25, 0.3) is 5.69 Å². The Morgan fingerprint density at radius 1 is 1.43 bits per heavy atom. The quantitative estimate of drug-likeness (QED) is 0.541. The van der Waals surface area contributed by atoms with Gasteiger partial charge in [-0.2, -0.15) is 13.2 Å². The van der Waals surface area contributed by atoms with Crippen LogP contribution in [-0.2, 0) is 0 Å².